The van der Waals surface area contributed by atoms with Crippen molar-refractivity contribution in [1.82, 2.24) is 0 Å². The van der Waals surface area contributed by atoms with E-state index in [0.29, 0.717) is 17.9 Å². The number of unbranched alkanes of at least 4 members (excludes halogenated alkanes) is 10. The third-order valence-electron chi connectivity index (χ3n) is 5.44. The maximum atomic E-state index is 11.5. The normalized spacial score (nSPS) is 11.5. The fourth-order valence-corrected chi connectivity index (χ4v) is 4.16. The Balaban J connectivity index is 1.84. The quantitative estimate of drug-likeness (QED) is 0.221. The van der Waals surface area contributed by atoms with Crippen LogP contribution in [0.2, 0.25) is 0 Å². The fraction of sp³-hybridized carbons (Fsp3) is 0.520. The van der Waals surface area contributed by atoms with Crippen molar-refractivity contribution >= 4 is 10.1 Å². The molecule has 2 rings (SSSR count). The fourth-order valence-electron chi connectivity index (χ4n) is 3.63. The molecular weight excluding hydrogens is 412 g/mol. The van der Waals surface area contributed by atoms with E-state index in [0.717, 1.165) is 18.4 Å². The number of hydrogen-bond acceptors (Lipinski definition) is 4. The molecule has 172 valence electrons. The van der Waals surface area contributed by atoms with E-state index in [1.807, 2.05) is 0 Å². The van der Waals surface area contributed by atoms with Crippen molar-refractivity contribution in [2.75, 3.05) is 0 Å². The average molecular weight is 449 g/mol. The molecule has 0 atom stereocenters. The first-order chi connectivity index (χ1) is 14.9. The highest BCUT2D eigenvalue weighted by atomic mass is 32.2. The minimum Gasteiger partial charge on any atom is -0.508 e. The van der Waals surface area contributed by atoms with Crippen LogP contribution < -0.4 is 4.74 Å². The molecule has 31 heavy (non-hydrogen) atoms. The van der Waals surface area contributed by atoms with Crippen LogP contribution in [0.15, 0.2) is 47.4 Å². The monoisotopic (exact) mass is 448 g/mol. The average Bonchev–Trinajstić information content (AvgIpc) is 2.74. The van der Waals surface area contributed by atoms with Gasteiger partial charge in [0.25, 0.3) is 10.1 Å². The van der Waals surface area contributed by atoms with Gasteiger partial charge in [-0.1, -0.05) is 71.1 Å². The molecule has 0 unspecified atom stereocenters. The number of aryl methyl sites for hydroxylation is 1. The van der Waals surface area contributed by atoms with Gasteiger partial charge in [-0.05, 0) is 60.9 Å². The van der Waals surface area contributed by atoms with Crippen LogP contribution in [0.1, 0.15) is 83.1 Å². The largest absolute Gasteiger partial charge is 0.508 e. The van der Waals surface area contributed by atoms with Crippen molar-refractivity contribution in [2.24, 2.45) is 0 Å². The summed E-state index contributed by atoms with van der Waals surface area (Å²) in [6.45, 7) is 2.24. The molecule has 0 bridgehead atoms. The minimum absolute atomic E-state index is 0.122. The second-order valence-corrected chi connectivity index (χ2v) is 9.55. The van der Waals surface area contributed by atoms with Gasteiger partial charge < -0.3 is 9.84 Å². The number of ether oxygens (including phenoxy) is 1. The third kappa shape index (κ3) is 9.74. The Morgan fingerprint density at radius 2 is 1.32 bits per heavy atom. The van der Waals surface area contributed by atoms with Crippen molar-refractivity contribution < 1.29 is 22.8 Å². The highest BCUT2D eigenvalue weighted by molar-refractivity contribution is 7.85. The Morgan fingerprint density at radius 1 is 0.774 bits per heavy atom. The van der Waals surface area contributed by atoms with E-state index in [1.165, 1.54) is 82.1 Å². The number of hydrogen-bond donors (Lipinski definition) is 2. The van der Waals surface area contributed by atoms with Gasteiger partial charge in [-0.25, -0.2) is 0 Å². The van der Waals surface area contributed by atoms with E-state index in [1.54, 1.807) is 18.2 Å². The van der Waals surface area contributed by atoms with E-state index in [9.17, 15) is 18.1 Å². The predicted molar refractivity (Wildman–Crippen MR) is 125 cm³/mol. The molecule has 0 amide bonds. The summed E-state index contributed by atoms with van der Waals surface area (Å²) in [5.41, 5.74) is 0.749. The number of aromatic hydroxyl groups is 1. The molecule has 0 radical (unpaired) electrons. The van der Waals surface area contributed by atoms with Crippen molar-refractivity contribution in [2.45, 2.75) is 88.9 Å². The minimum atomic E-state index is -4.26. The number of rotatable bonds is 15. The van der Waals surface area contributed by atoms with Crippen LogP contribution in [-0.2, 0) is 16.5 Å². The summed E-state index contributed by atoms with van der Waals surface area (Å²) in [5.74, 6) is 1.26. The topological polar surface area (TPSA) is 83.8 Å². The van der Waals surface area contributed by atoms with Gasteiger partial charge in [0.2, 0.25) is 0 Å². The van der Waals surface area contributed by atoms with Crippen molar-refractivity contribution in [1.29, 1.82) is 0 Å². The molecule has 0 aliphatic carbocycles. The van der Waals surface area contributed by atoms with Crippen LogP contribution in [0, 0.1) is 0 Å². The summed E-state index contributed by atoms with van der Waals surface area (Å²) in [4.78, 5) is -0.122. The van der Waals surface area contributed by atoms with E-state index in [4.69, 9.17) is 4.74 Å². The van der Waals surface area contributed by atoms with E-state index >= 15 is 0 Å². The van der Waals surface area contributed by atoms with Crippen molar-refractivity contribution in [3.05, 3.63) is 48.0 Å². The van der Waals surface area contributed by atoms with Crippen LogP contribution in [-0.4, -0.2) is 18.1 Å². The zero-order valence-electron chi connectivity index (χ0n) is 18.6. The van der Waals surface area contributed by atoms with Gasteiger partial charge in [0.05, 0.1) is 4.90 Å². The Labute approximate surface area is 187 Å². The number of phenols is 1. The van der Waals surface area contributed by atoms with Crippen molar-refractivity contribution in [3.8, 4) is 17.2 Å². The van der Waals surface area contributed by atoms with E-state index in [2.05, 4.69) is 6.92 Å². The zero-order chi connectivity index (χ0) is 22.5. The Morgan fingerprint density at radius 3 is 1.87 bits per heavy atom. The summed E-state index contributed by atoms with van der Waals surface area (Å²) in [6, 6.07) is 10.8. The van der Waals surface area contributed by atoms with Gasteiger partial charge in [-0.15, -0.1) is 0 Å². The first-order valence-electron chi connectivity index (χ1n) is 11.5. The molecule has 0 spiro atoms. The highest BCUT2D eigenvalue weighted by Gasteiger charge is 2.14. The number of benzene rings is 2. The predicted octanol–water partition coefficient (Wildman–Crippen LogP) is 7.28. The standard InChI is InChI=1S/C25H36O5S/c1-2-3-4-5-6-7-8-9-10-11-12-13-21-20-24(31(27,28)29)18-19-25(21)30-23-16-14-22(26)15-17-23/h14-20,26H,2-13H2,1H3,(H,27,28,29). The lowest BCUT2D eigenvalue weighted by Crippen LogP contribution is -2.01. The van der Waals surface area contributed by atoms with Gasteiger partial charge in [0.15, 0.2) is 0 Å². The Hall–Kier alpha value is -2.05. The van der Waals surface area contributed by atoms with E-state index in [-0.39, 0.29) is 10.6 Å². The Kier molecular flexibility index (Phi) is 10.9. The smallest absolute Gasteiger partial charge is 0.294 e. The second kappa shape index (κ2) is 13.4. The van der Waals surface area contributed by atoms with Crippen LogP contribution in [0.4, 0.5) is 0 Å². The van der Waals surface area contributed by atoms with Crippen LogP contribution in [0.3, 0.4) is 0 Å². The second-order valence-electron chi connectivity index (χ2n) is 8.13. The van der Waals surface area contributed by atoms with Gasteiger partial charge in [0.1, 0.15) is 17.2 Å². The third-order valence-corrected chi connectivity index (χ3v) is 6.29. The summed E-state index contributed by atoms with van der Waals surface area (Å²) in [5, 5.41) is 9.42. The molecule has 0 aliphatic rings. The molecule has 0 saturated carbocycles. The molecule has 0 fully saturated rings. The summed E-state index contributed by atoms with van der Waals surface area (Å²) in [7, 11) is -4.26. The first kappa shape index (κ1) is 25.2. The molecule has 6 heteroatoms. The molecule has 0 heterocycles. The van der Waals surface area contributed by atoms with Crippen LogP contribution >= 0.6 is 0 Å². The maximum Gasteiger partial charge on any atom is 0.294 e. The lowest BCUT2D eigenvalue weighted by atomic mass is 10.0. The summed E-state index contributed by atoms with van der Waals surface area (Å²) >= 11 is 0. The van der Waals surface area contributed by atoms with Gasteiger partial charge >= 0.3 is 0 Å². The molecule has 0 saturated heterocycles. The molecular formula is C25H36O5S. The molecule has 0 aliphatic heterocycles. The first-order valence-corrected chi connectivity index (χ1v) is 12.9. The molecule has 5 nitrogen and oxygen atoms in total. The van der Waals surface area contributed by atoms with Crippen molar-refractivity contribution in [3.63, 3.8) is 0 Å². The van der Waals surface area contributed by atoms with Crippen LogP contribution in [0.25, 0.3) is 0 Å². The molecule has 0 aromatic heterocycles. The SMILES string of the molecule is CCCCCCCCCCCCCc1cc(S(=O)(=O)O)ccc1Oc1ccc(O)cc1. The Bertz CT molecular complexity index is 875. The molecule has 2 N–H and O–H groups in total. The van der Waals surface area contributed by atoms with Crippen LogP contribution in [0.5, 0.6) is 17.2 Å². The molecule has 2 aromatic carbocycles. The lowest BCUT2D eigenvalue weighted by molar-refractivity contribution is 0.459. The summed E-state index contributed by atoms with van der Waals surface area (Å²) < 4.78 is 38.4. The van der Waals surface area contributed by atoms with E-state index < -0.39 is 10.1 Å². The van der Waals surface area contributed by atoms with Gasteiger partial charge in [-0.2, -0.15) is 8.42 Å². The summed E-state index contributed by atoms with van der Waals surface area (Å²) in [6.07, 6.45) is 14.3. The highest BCUT2D eigenvalue weighted by Crippen LogP contribution is 2.30. The maximum absolute atomic E-state index is 11.5. The zero-order valence-corrected chi connectivity index (χ0v) is 19.4. The number of phenolic OH excluding ortho intramolecular Hbond substituents is 1. The molecule has 2 aromatic rings. The van der Waals surface area contributed by atoms with Gasteiger partial charge in [-0.3, -0.25) is 4.55 Å². The lowest BCUT2D eigenvalue weighted by Gasteiger charge is -2.13. The van der Waals surface area contributed by atoms with Gasteiger partial charge in [0, 0.05) is 0 Å².